The van der Waals surface area contributed by atoms with E-state index in [1.165, 1.54) is 37.4 Å². The van der Waals surface area contributed by atoms with Gasteiger partial charge in [-0.2, -0.15) is 5.10 Å². The molecule has 1 aliphatic heterocycles. The molecule has 1 N–H and O–H groups in total. The third-order valence-corrected chi connectivity index (χ3v) is 6.16. The molecule has 0 aromatic heterocycles. The number of methoxy groups -OCH3 is 1. The van der Waals surface area contributed by atoms with Gasteiger partial charge in [-0.15, -0.1) is 5.10 Å². The van der Waals surface area contributed by atoms with Crippen molar-refractivity contribution in [3.8, 4) is 11.5 Å². The number of nitrogens with zero attached hydrogens (tertiary/aromatic N) is 2. The van der Waals surface area contributed by atoms with Crippen molar-refractivity contribution in [2.24, 2.45) is 10.2 Å². The number of hydrogen-bond acceptors (Lipinski definition) is 6. The molecule has 0 saturated carbocycles. The molecule has 0 bridgehead atoms. The molecule has 6 nitrogen and oxygen atoms in total. The van der Waals surface area contributed by atoms with Crippen LogP contribution in [0.25, 0.3) is 0 Å². The van der Waals surface area contributed by atoms with Crippen molar-refractivity contribution >= 4 is 29.1 Å². The fourth-order valence-electron chi connectivity index (χ4n) is 3.29. The number of benzene rings is 2. The fourth-order valence-corrected chi connectivity index (χ4v) is 4.26. The first-order valence-corrected chi connectivity index (χ1v) is 12.0. The normalized spacial score (nSPS) is 17.1. The van der Waals surface area contributed by atoms with E-state index in [1.54, 1.807) is 13.3 Å². The van der Waals surface area contributed by atoms with Crippen molar-refractivity contribution in [2.45, 2.75) is 50.7 Å². The molecule has 1 aliphatic rings. The van der Waals surface area contributed by atoms with E-state index in [2.05, 4.69) is 22.4 Å². The van der Waals surface area contributed by atoms with Crippen molar-refractivity contribution in [3.63, 3.8) is 0 Å². The molecule has 3 rings (SSSR count). The second kappa shape index (κ2) is 12.9. The van der Waals surface area contributed by atoms with Gasteiger partial charge >= 0.3 is 0 Å². The van der Waals surface area contributed by atoms with E-state index >= 15 is 0 Å². The van der Waals surface area contributed by atoms with E-state index < -0.39 is 0 Å². The van der Waals surface area contributed by atoms with Crippen molar-refractivity contribution in [1.82, 2.24) is 5.32 Å². The van der Waals surface area contributed by atoms with Gasteiger partial charge in [0.2, 0.25) is 5.91 Å². The Morgan fingerprint density at radius 1 is 1.06 bits per heavy atom. The quantitative estimate of drug-likeness (QED) is 0.272. The Bertz CT molecular complexity index is 928. The Labute approximate surface area is 194 Å². The number of carbonyl (C=O) groups is 1. The van der Waals surface area contributed by atoms with Crippen LogP contribution in [-0.4, -0.2) is 36.3 Å². The van der Waals surface area contributed by atoms with Crippen LogP contribution in [-0.2, 0) is 11.2 Å². The second-order valence-corrected chi connectivity index (χ2v) is 8.82. The van der Waals surface area contributed by atoms with Crippen LogP contribution in [0.2, 0.25) is 0 Å². The number of amidine groups is 1. The molecule has 1 atom stereocenters. The summed E-state index contributed by atoms with van der Waals surface area (Å²) in [5, 5.41) is 11.4. The summed E-state index contributed by atoms with van der Waals surface area (Å²) in [6, 6.07) is 15.5. The Morgan fingerprint density at radius 3 is 2.66 bits per heavy atom. The smallest absolute Gasteiger partial charge is 0.239 e. The molecule has 32 heavy (non-hydrogen) atoms. The van der Waals surface area contributed by atoms with Crippen molar-refractivity contribution in [2.75, 3.05) is 13.7 Å². The molecule has 170 valence electrons. The summed E-state index contributed by atoms with van der Waals surface area (Å²) >= 11 is 1.40. The predicted molar refractivity (Wildman–Crippen MR) is 132 cm³/mol. The number of nitrogens with one attached hydrogen (secondary N) is 1. The van der Waals surface area contributed by atoms with E-state index in [-0.39, 0.29) is 11.2 Å². The summed E-state index contributed by atoms with van der Waals surface area (Å²) in [6.45, 7) is 2.97. The third kappa shape index (κ3) is 7.71. The minimum absolute atomic E-state index is 0.0528. The monoisotopic (exact) mass is 453 g/mol. The van der Waals surface area contributed by atoms with Crippen LogP contribution in [0.1, 0.15) is 50.2 Å². The summed E-state index contributed by atoms with van der Waals surface area (Å²) in [5.74, 6) is 1.60. The van der Waals surface area contributed by atoms with E-state index in [4.69, 9.17) is 9.47 Å². The molecule has 0 aliphatic carbocycles. The van der Waals surface area contributed by atoms with E-state index in [0.717, 1.165) is 35.7 Å². The highest BCUT2D eigenvalue weighted by atomic mass is 32.2. The van der Waals surface area contributed by atoms with Crippen molar-refractivity contribution in [1.29, 1.82) is 0 Å². The van der Waals surface area contributed by atoms with Crippen molar-refractivity contribution < 1.29 is 14.3 Å². The Balaban J connectivity index is 1.45. The number of ether oxygens (including phenoxy) is 2. The van der Waals surface area contributed by atoms with Crippen LogP contribution in [0, 0.1) is 0 Å². The van der Waals surface area contributed by atoms with Gasteiger partial charge in [0.1, 0.15) is 11.5 Å². The van der Waals surface area contributed by atoms with Crippen LogP contribution >= 0.6 is 11.8 Å². The summed E-state index contributed by atoms with van der Waals surface area (Å²) in [5.41, 5.74) is 1.97. The lowest BCUT2D eigenvalue weighted by molar-refractivity contribution is -0.118. The summed E-state index contributed by atoms with van der Waals surface area (Å²) in [6.07, 6.45) is 8.41. The first kappa shape index (κ1) is 23.9. The maximum Gasteiger partial charge on any atom is 0.239 e. The van der Waals surface area contributed by atoms with Gasteiger partial charge < -0.3 is 14.8 Å². The molecule has 0 unspecified atom stereocenters. The third-order valence-electron chi connectivity index (χ3n) is 5.08. The Hall–Kier alpha value is -2.80. The number of carbonyl (C=O) groups excluding carboxylic acids is 1. The highest BCUT2D eigenvalue weighted by molar-refractivity contribution is 8.15. The van der Waals surface area contributed by atoms with Crippen molar-refractivity contribution in [3.05, 3.63) is 59.7 Å². The van der Waals surface area contributed by atoms with Gasteiger partial charge in [-0.1, -0.05) is 56.5 Å². The minimum Gasteiger partial charge on any atom is -0.497 e. The molecule has 1 fully saturated rings. The number of amides is 1. The Morgan fingerprint density at radius 2 is 1.88 bits per heavy atom. The molecule has 2 aromatic carbocycles. The van der Waals surface area contributed by atoms with Gasteiger partial charge in [0.15, 0.2) is 5.17 Å². The summed E-state index contributed by atoms with van der Waals surface area (Å²) in [4.78, 5) is 12.3. The summed E-state index contributed by atoms with van der Waals surface area (Å²) in [7, 11) is 1.63. The van der Waals surface area contributed by atoms with Gasteiger partial charge in [-0.05, 0) is 60.4 Å². The molecule has 1 amide bonds. The van der Waals surface area contributed by atoms with E-state index in [1.807, 2.05) is 48.5 Å². The lowest BCUT2D eigenvalue weighted by Crippen LogP contribution is -2.25. The Kier molecular flexibility index (Phi) is 9.62. The van der Waals surface area contributed by atoms with Gasteiger partial charge in [-0.3, -0.25) is 4.79 Å². The van der Waals surface area contributed by atoms with Gasteiger partial charge in [0, 0.05) is 0 Å². The average Bonchev–Trinajstić information content (AvgIpc) is 3.16. The molecule has 7 heteroatoms. The number of unbranched alkanes of at least 4 members (excludes halogenated alkanes) is 4. The zero-order valence-electron chi connectivity index (χ0n) is 18.8. The highest BCUT2D eigenvalue weighted by Gasteiger charge is 2.30. The molecule has 0 radical (unpaired) electrons. The molecular formula is C25H31N3O3S. The van der Waals surface area contributed by atoms with E-state index in [0.29, 0.717) is 11.6 Å². The minimum atomic E-state index is -0.227. The molecule has 0 spiro atoms. The average molecular weight is 454 g/mol. The molecular weight excluding hydrogens is 422 g/mol. The van der Waals surface area contributed by atoms with E-state index in [9.17, 15) is 4.79 Å². The second-order valence-electron chi connectivity index (χ2n) is 7.63. The van der Waals surface area contributed by atoms with Crippen LogP contribution in [0.5, 0.6) is 11.5 Å². The SMILES string of the molecule is CCCCCCCOc1ccc(/C=N\N=C2/NC(=O)[C@@H](Cc3cccc(OC)c3)S2)cc1. The zero-order chi connectivity index (χ0) is 22.6. The van der Waals surface area contributed by atoms with Crippen LogP contribution in [0.3, 0.4) is 0 Å². The van der Waals surface area contributed by atoms with Gasteiger partial charge in [0.25, 0.3) is 0 Å². The lowest BCUT2D eigenvalue weighted by Gasteiger charge is -2.07. The van der Waals surface area contributed by atoms with Crippen LogP contribution < -0.4 is 14.8 Å². The maximum absolute atomic E-state index is 12.3. The topological polar surface area (TPSA) is 72.3 Å². The zero-order valence-corrected chi connectivity index (χ0v) is 19.6. The summed E-state index contributed by atoms with van der Waals surface area (Å²) < 4.78 is 11.0. The number of rotatable bonds is 12. The maximum atomic E-state index is 12.3. The van der Waals surface area contributed by atoms with Gasteiger partial charge in [-0.25, -0.2) is 0 Å². The first-order chi connectivity index (χ1) is 15.7. The number of thioether (sulfide) groups is 1. The number of hydrogen-bond donors (Lipinski definition) is 1. The first-order valence-electron chi connectivity index (χ1n) is 11.1. The largest absolute Gasteiger partial charge is 0.497 e. The standard InChI is InChI=1S/C25H31N3O3S/c1-3-4-5-6-7-15-31-21-13-11-19(12-14-21)18-26-28-25-27-24(29)23(32-25)17-20-9-8-10-22(16-20)30-2/h8-14,16,18,23H,3-7,15,17H2,1-2H3,(H,27,28,29)/b26-18-/t23-/m1/s1. The molecule has 1 saturated heterocycles. The van der Waals surface area contributed by atoms with Crippen LogP contribution in [0.15, 0.2) is 58.7 Å². The highest BCUT2D eigenvalue weighted by Crippen LogP contribution is 2.25. The fraction of sp³-hybridized carbons (Fsp3) is 0.400. The predicted octanol–water partition coefficient (Wildman–Crippen LogP) is 5.21. The lowest BCUT2D eigenvalue weighted by atomic mass is 10.1. The molecule has 2 aromatic rings. The molecule has 1 heterocycles. The van der Waals surface area contributed by atoms with Gasteiger partial charge in [0.05, 0.1) is 25.2 Å². The van der Waals surface area contributed by atoms with Crippen LogP contribution in [0.4, 0.5) is 0 Å².